The molecule has 1 heterocycles. The number of nitrogens with zero attached hydrogens (tertiary/aromatic N) is 2. The quantitative estimate of drug-likeness (QED) is 0.587. The maximum absolute atomic E-state index is 5.63. The standard InChI is InChI=1S/C18H17N3O/c1-12(19)20-15-7-3-14-6-10-17(21-18(14)11-15)13-4-8-16(22-2)9-5-13/h3-11H,1-2H3,(H2,19,20). The first kappa shape index (κ1) is 14.1. The van der Waals surface area contributed by atoms with Crippen LogP contribution in [0.25, 0.3) is 22.2 Å². The second-order valence-electron chi connectivity index (χ2n) is 5.06. The van der Waals surface area contributed by atoms with Gasteiger partial charge in [-0.05, 0) is 49.4 Å². The van der Waals surface area contributed by atoms with E-state index in [1.807, 2.05) is 48.5 Å². The number of hydrogen-bond donors (Lipinski definition) is 1. The summed E-state index contributed by atoms with van der Waals surface area (Å²) >= 11 is 0. The number of fused-ring (bicyclic) bond motifs is 1. The van der Waals surface area contributed by atoms with Gasteiger partial charge in [0.05, 0.1) is 29.8 Å². The van der Waals surface area contributed by atoms with E-state index in [0.717, 1.165) is 33.6 Å². The highest BCUT2D eigenvalue weighted by molar-refractivity contribution is 5.86. The zero-order chi connectivity index (χ0) is 15.5. The Kier molecular flexibility index (Phi) is 3.74. The van der Waals surface area contributed by atoms with Gasteiger partial charge < -0.3 is 10.5 Å². The summed E-state index contributed by atoms with van der Waals surface area (Å²) in [6.07, 6.45) is 0. The van der Waals surface area contributed by atoms with Crippen molar-refractivity contribution < 1.29 is 4.74 Å². The van der Waals surface area contributed by atoms with Gasteiger partial charge in [-0.15, -0.1) is 0 Å². The number of rotatable bonds is 3. The Balaban J connectivity index is 2.05. The summed E-state index contributed by atoms with van der Waals surface area (Å²) in [7, 11) is 1.66. The second kappa shape index (κ2) is 5.85. The Labute approximate surface area is 129 Å². The first-order chi connectivity index (χ1) is 10.7. The van der Waals surface area contributed by atoms with Crippen LogP contribution in [-0.4, -0.2) is 17.9 Å². The average molecular weight is 291 g/mol. The lowest BCUT2D eigenvalue weighted by Crippen LogP contribution is -2.03. The third kappa shape index (κ3) is 2.91. The minimum Gasteiger partial charge on any atom is -0.497 e. The highest BCUT2D eigenvalue weighted by atomic mass is 16.5. The van der Waals surface area contributed by atoms with E-state index in [4.69, 9.17) is 15.5 Å². The molecule has 0 saturated carbocycles. The molecule has 0 atom stereocenters. The van der Waals surface area contributed by atoms with Crippen molar-refractivity contribution in [3.63, 3.8) is 0 Å². The predicted molar refractivity (Wildman–Crippen MR) is 90.7 cm³/mol. The molecule has 22 heavy (non-hydrogen) atoms. The largest absolute Gasteiger partial charge is 0.497 e. The molecule has 0 saturated heterocycles. The van der Waals surface area contributed by atoms with Gasteiger partial charge in [0.25, 0.3) is 0 Å². The summed E-state index contributed by atoms with van der Waals surface area (Å²) in [5.74, 6) is 1.37. The molecule has 0 fully saturated rings. The number of amidine groups is 1. The first-order valence-electron chi connectivity index (χ1n) is 7.02. The van der Waals surface area contributed by atoms with E-state index in [1.165, 1.54) is 0 Å². The van der Waals surface area contributed by atoms with Gasteiger partial charge in [-0.3, -0.25) is 0 Å². The van der Waals surface area contributed by atoms with E-state index < -0.39 is 0 Å². The molecular formula is C18H17N3O. The zero-order valence-corrected chi connectivity index (χ0v) is 12.6. The number of pyridine rings is 1. The third-order valence-corrected chi connectivity index (χ3v) is 3.37. The topological polar surface area (TPSA) is 60.5 Å². The lowest BCUT2D eigenvalue weighted by atomic mass is 10.1. The van der Waals surface area contributed by atoms with Gasteiger partial charge >= 0.3 is 0 Å². The smallest absolute Gasteiger partial charge is 0.118 e. The fourth-order valence-corrected chi connectivity index (χ4v) is 2.30. The van der Waals surface area contributed by atoms with Crippen LogP contribution >= 0.6 is 0 Å². The number of methoxy groups -OCH3 is 1. The van der Waals surface area contributed by atoms with Crippen LogP contribution in [-0.2, 0) is 0 Å². The summed E-state index contributed by atoms with van der Waals surface area (Å²) in [6.45, 7) is 1.77. The van der Waals surface area contributed by atoms with Crippen LogP contribution in [0.5, 0.6) is 5.75 Å². The molecular weight excluding hydrogens is 274 g/mol. The minimum atomic E-state index is 0.533. The Morgan fingerprint density at radius 1 is 1.05 bits per heavy atom. The third-order valence-electron chi connectivity index (χ3n) is 3.37. The van der Waals surface area contributed by atoms with Crippen LogP contribution in [0, 0.1) is 0 Å². The van der Waals surface area contributed by atoms with Crippen molar-refractivity contribution in [2.75, 3.05) is 7.11 Å². The second-order valence-corrected chi connectivity index (χ2v) is 5.06. The number of aromatic nitrogens is 1. The summed E-state index contributed by atoms with van der Waals surface area (Å²) in [4.78, 5) is 8.99. The van der Waals surface area contributed by atoms with E-state index >= 15 is 0 Å². The molecule has 110 valence electrons. The molecule has 0 bridgehead atoms. The molecule has 2 aromatic carbocycles. The fraction of sp³-hybridized carbons (Fsp3) is 0.111. The van der Waals surface area contributed by atoms with E-state index in [1.54, 1.807) is 14.0 Å². The number of nitrogens with two attached hydrogens (primary N) is 1. The molecule has 2 N–H and O–H groups in total. The minimum absolute atomic E-state index is 0.533. The monoisotopic (exact) mass is 291 g/mol. The number of benzene rings is 2. The summed E-state index contributed by atoms with van der Waals surface area (Å²) < 4.78 is 5.18. The molecule has 0 aliphatic rings. The molecule has 1 aromatic heterocycles. The van der Waals surface area contributed by atoms with Gasteiger partial charge in [0.1, 0.15) is 5.75 Å². The lowest BCUT2D eigenvalue weighted by Gasteiger charge is -2.05. The van der Waals surface area contributed by atoms with Crippen LogP contribution in [0.3, 0.4) is 0 Å². The highest BCUT2D eigenvalue weighted by Crippen LogP contribution is 2.25. The van der Waals surface area contributed by atoms with Crippen molar-refractivity contribution >= 4 is 22.4 Å². The van der Waals surface area contributed by atoms with Crippen molar-refractivity contribution in [3.8, 4) is 17.0 Å². The fourth-order valence-electron chi connectivity index (χ4n) is 2.30. The number of ether oxygens (including phenoxy) is 1. The van der Waals surface area contributed by atoms with Gasteiger partial charge in [0.2, 0.25) is 0 Å². The SMILES string of the molecule is COc1ccc(-c2ccc3ccc(N=C(C)N)cc3n2)cc1. The molecule has 0 amide bonds. The van der Waals surface area contributed by atoms with Gasteiger partial charge in [0, 0.05) is 10.9 Å². The highest BCUT2D eigenvalue weighted by Gasteiger charge is 2.03. The van der Waals surface area contributed by atoms with Crippen molar-refractivity contribution in [2.45, 2.75) is 6.92 Å². The molecule has 0 radical (unpaired) electrons. The van der Waals surface area contributed by atoms with Crippen LogP contribution in [0.2, 0.25) is 0 Å². The maximum Gasteiger partial charge on any atom is 0.118 e. The van der Waals surface area contributed by atoms with Gasteiger partial charge in [-0.1, -0.05) is 12.1 Å². The molecule has 4 heteroatoms. The van der Waals surface area contributed by atoms with Crippen molar-refractivity contribution in [3.05, 3.63) is 54.6 Å². The van der Waals surface area contributed by atoms with Crippen LogP contribution in [0.1, 0.15) is 6.92 Å². The van der Waals surface area contributed by atoms with Crippen molar-refractivity contribution in [1.29, 1.82) is 0 Å². The summed E-state index contributed by atoms with van der Waals surface area (Å²) in [5.41, 5.74) is 9.31. The van der Waals surface area contributed by atoms with Crippen LogP contribution in [0.4, 0.5) is 5.69 Å². The molecule has 0 spiro atoms. The van der Waals surface area contributed by atoms with Gasteiger partial charge in [-0.2, -0.15) is 0 Å². The maximum atomic E-state index is 5.63. The van der Waals surface area contributed by atoms with Gasteiger partial charge in [0.15, 0.2) is 0 Å². The van der Waals surface area contributed by atoms with E-state index in [2.05, 4.69) is 11.1 Å². The van der Waals surface area contributed by atoms with Crippen molar-refractivity contribution in [2.24, 2.45) is 10.7 Å². The van der Waals surface area contributed by atoms with E-state index in [9.17, 15) is 0 Å². The Bertz CT molecular complexity index is 835. The van der Waals surface area contributed by atoms with E-state index in [-0.39, 0.29) is 0 Å². The molecule has 0 unspecified atom stereocenters. The van der Waals surface area contributed by atoms with Crippen LogP contribution in [0.15, 0.2) is 59.6 Å². The normalized spacial score (nSPS) is 11.6. The molecule has 3 aromatic rings. The van der Waals surface area contributed by atoms with E-state index in [0.29, 0.717) is 5.84 Å². The Morgan fingerprint density at radius 2 is 1.77 bits per heavy atom. The molecule has 4 nitrogen and oxygen atoms in total. The zero-order valence-electron chi connectivity index (χ0n) is 12.6. The predicted octanol–water partition coefficient (Wildman–Crippen LogP) is 3.92. The number of hydrogen-bond acceptors (Lipinski definition) is 3. The summed E-state index contributed by atoms with van der Waals surface area (Å²) in [6, 6.07) is 17.8. The van der Waals surface area contributed by atoms with Crippen molar-refractivity contribution in [1.82, 2.24) is 4.98 Å². The molecule has 0 aliphatic heterocycles. The molecule has 3 rings (SSSR count). The summed E-state index contributed by atoms with van der Waals surface area (Å²) in [5, 5.41) is 1.07. The molecule has 0 aliphatic carbocycles. The Hall–Kier alpha value is -2.88. The van der Waals surface area contributed by atoms with Crippen LogP contribution < -0.4 is 10.5 Å². The lowest BCUT2D eigenvalue weighted by molar-refractivity contribution is 0.415. The first-order valence-corrected chi connectivity index (χ1v) is 7.02. The Morgan fingerprint density at radius 3 is 2.45 bits per heavy atom. The van der Waals surface area contributed by atoms with Gasteiger partial charge in [-0.25, -0.2) is 9.98 Å². The average Bonchev–Trinajstić information content (AvgIpc) is 2.54. The number of aliphatic imine (C=N–C) groups is 1.